The molecule has 0 fully saturated rings. The van der Waals surface area contributed by atoms with Crippen LogP contribution >= 0.6 is 27.5 Å². The van der Waals surface area contributed by atoms with Crippen molar-refractivity contribution in [3.8, 4) is 6.07 Å². The van der Waals surface area contributed by atoms with E-state index in [4.69, 9.17) is 16.9 Å². The van der Waals surface area contributed by atoms with Crippen molar-refractivity contribution in [3.05, 3.63) is 51.2 Å². The van der Waals surface area contributed by atoms with E-state index in [1.165, 1.54) is 6.07 Å². The highest BCUT2D eigenvalue weighted by Crippen LogP contribution is 2.24. The summed E-state index contributed by atoms with van der Waals surface area (Å²) in [7, 11) is 1.77. The van der Waals surface area contributed by atoms with Gasteiger partial charge in [0, 0.05) is 17.7 Å². The molecule has 0 bridgehead atoms. The third-order valence-electron chi connectivity index (χ3n) is 2.55. The summed E-state index contributed by atoms with van der Waals surface area (Å²) < 4.78 is 2.51. The molecule has 1 heterocycles. The van der Waals surface area contributed by atoms with Crippen molar-refractivity contribution in [2.45, 2.75) is 0 Å². The van der Waals surface area contributed by atoms with Gasteiger partial charge in [0.25, 0.3) is 5.91 Å². The van der Waals surface area contributed by atoms with Crippen LogP contribution < -0.4 is 5.32 Å². The predicted octanol–water partition coefficient (Wildman–Crippen LogP) is 3.56. The number of nitrogens with one attached hydrogen (secondary N) is 1. The molecule has 2 aromatic rings. The van der Waals surface area contributed by atoms with Crippen molar-refractivity contribution in [2.75, 3.05) is 5.32 Å². The molecule has 1 N–H and O–H groups in total. The Bertz CT molecular complexity index is 688. The fraction of sp³-hybridized carbons (Fsp3) is 0.0769. The lowest BCUT2D eigenvalue weighted by Crippen LogP contribution is -2.15. The number of halogens is 2. The normalized spacial score (nSPS) is 10.0. The minimum atomic E-state index is -0.287. The lowest BCUT2D eigenvalue weighted by molar-refractivity contribution is 0.101. The first kappa shape index (κ1) is 13.7. The van der Waals surface area contributed by atoms with Gasteiger partial charge in [-0.1, -0.05) is 11.6 Å². The van der Waals surface area contributed by atoms with Crippen molar-refractivity contribution in [1.29, 1.82) is 5.26 Å². The van der Waals surface area contributed by atoms with Crippen LogP contribution in [0.5, 0.6) is 0 Å². The highest BCUT2D eigenvalue weighted by atomic mass is 79.9. The number of rotatable bonds is 2. The Morgan fingerprint density at radius 2 is 2.21 bits per heavy atom. The SMILES string of the molecule is Cn1cc(Br)cc1C(=O)Nc1cc(C#N)ccc1Cl. The summed E-state index contributed by atoms with van der Waals surface area (Å²) in [6.45, 7) is 0. The molecule has 0 saturated carbocycles. The molecule has 0 saturated heterocycles. The van der Waals surface area contributed by atoms with Crippen molar-refractivity contribution in [2.24, 2.45) is 7.05 Å². The zero-order chi connectivity index (χ0) is 14.0. The van der Waals surface area contributed by atoms with Crippen LogP contribution in [0.3, 0.4) is 0 Å². The van der Waals surface area contributed by atoms with E-state index in [0.717, 1.165) is 4.47 Å². The van der Waals surface area contributed by atoms with Crippen molar-refractivity contribution in [1.82, 2.24) is 4.57 Å². The first-order valence-electron chi connectivity index (χ1n) is 5.34. The fourth-order valence-corrected chi connectivity index (χ4v) is 2.32. The number of anilines is 1. The second-order valence-electron chi connectivity index (χ2n) is 3.92. The molecule has 0 unspecified atom stereocenters. The molecular weight excluding hydrogens is 330 g/mol. The second-order valence-corrected chi connectivity index (χ2v) is 5.24. The van der Waals surface area contributed by atoms with Crippen LogP contribution in [0.1, 0.15) is 16.1 Å². The highest BCUT2D eigenvalue weighted by molar-refractivity contribution is 9.10. The smallest absolute Gasteiger partial charge is 0.272 e. The number of amides is 1. The number of hydrogen-bond donors (Lipinski definition) is 1. The predicted molar refractivity (Wildman–Crippen MR) is 77.2 cm³/mol. The van der Waals surface area contributed by atoms with Gasteiger partial charge < -0.3 is 9.88 Å². The van der Waals surface area contributed by atoms with E-state index in [-0.39, 0.29) is 5.91 Å². The Balaban J connectivity index is 2.29. The Morgan fingerprint density at radius 3 is 2.79 bits per heavy atom. The Morgan fingerprint density at radius 1 is 1.47 bits per heavy atom. The minimum Gasteiger partial charge on any atom is -0.345 e. The van der Waals surface area contributed by atoms with Crippen LogP contribution in [0.4, 0.5) is 5.69 Å². The Labute approximate surface area is 123 Å². The third-order valence-corrected chi connectivity index (χ3v) is 3.31. The summed E-state index contributed by atoms with van der Waals surface area (Å²) in [4.78, 5) is 12.1. The van der Waals surface area contributed by atoms with Gasteiger partial charge in [-0.3, -0.25) is 4.79 Å². The van der Waals surface area contributed by atoms with E-state index in [1.54, 1.807) is 36.0 Å². The second kappa shape index (κ2) is 5.47. The minimum absolute atomic E-state index is 0.287. The molecule has 1 amide bonds. The standard InChI is InChI=1S/C13H9BrClN3O/c1-18-7-9(14)5-12(18)13(19)17-11-4-8(6-16)2-3-10(11)15/h2-5,7H,1H3,(H,17,19). The quantitative estimate of drug-likeness (QED) is 0.910. The summed E-state index contributed by atoms with van der Waals surface area (Å²) in [6, 6.07) is 8.42. The largest absolute Gasteiger partial charge is 0.345 e. The molecule has 6 heteroatoms. The van der Waals surface area contributed by atoms with Gasteiger partial charge in [0.2, 0.25) is 0 Å². The first-order chi connectivity index (χ1) is 9.01. The molecule has 19 heavy (non-hydrogen) atoms. The number of benzene rings is 1. The summed E-state index contributed by atoms with van der Waals surface area (Å²) >= 11 is 9.29. The summed E-state index contributed by atoms with van der Waals surface area (Å²) in [5, 5.41) is 11.9. The number of aryl methyl sites for hydroxylation is 1. The van der Waals surface area contributed by atoms with Crippen LogP contribution in [0.2, 0.25) is 5.02 Å². The molecule has 2 rings (SSSR count). The Hall–Kier alpha value is -1.77. The van der Waals surface area contributed by atoms with Gasteiger partial charge in [-0.15, -0.1) is 0 Å². The molecule has 1 aromatic heterocycles. The maximum Gasteiger partial charge on any atom is 0.272 e. The lowest BCUT2D eigenvalue weighted by Gasteiger charge is -2.08. The number of nitriles is 1. The first-order valence-corrected chi connectivity index (χ1v) is 6.51. The average Bonchev–Trinajstić information content (AvgIpc) is 2.71. The third kappa shape index (κ3) is 2.98. The van der Waals surface area contributed by atoms with E-state index < -0.39 is 0 Å². The van der Waals surface area contributed by atoms with E-state index in [0.29, 0.717) is 22.0 Å². The van der Waals surface area contributed by atoms with E-state index in [2.05, 4.69) is 21.2 Å². The number of hydrogen-bond acceptors (Lipinski definition) is 2. The van der Waals surface area contributed by atoms with Crippen molar-refractivity contribution < 1.29 is 4.79 Å². The molecule has 96 valence electrons. The van der Waals surface area contributed by atoms with Crippen LogP contribution in [-0.4, -0.2) is 10.5 Å². The summed E-state index contributed by atoms with van der Waals surface area (Å²) in [6.07, 6.45) is 1.78. The number of nitrogens with zero attached hydrogens (tertiary/aromatic N) is 2. The molecule has 0 aliphatic heterocycles. The van der Waals surface area contributed by atoms with Crippen LogP contribution in [0.15, 0.2) is 34.9 Å². The fourth-order valence-electron chi connectivity index (χ4n) is 1.63. The van der Waals surface area contributed by atoms with E-state index in [9.17, 15) is 4.79 Å². The topological polar surface area (TPSA) is 57.8 Å². The number of carbonyl (C=O) groups is 1. The Kier molecular flexibility index (Phi) is 3.93. The zero-order valence-corrected chi connectivity index (χ0v) is 12.3. The molecule has 0 radical (unpaired) electrons. The molecule has 1 aromatic carbocycles. The number of aromatic nitrogens is 1. The van der Waals surface area contributed by atoms with Crippen LogP contribution in [0.25, 0.3) is 0 Å². The molecule has 4 nitrogen and oxygen atoms in total. The number of carbonyl (C=O) groups excluding carboxylic acids is 1. The zero-order valence-electron chi connectivity index (χ0n) is 9.95. The summed E-state index contributed by atoms with van der Waals surface area (Å²) in [5.41, 5.74) is 1.35. The molecule has 0 atom stereocenters. The van der Waals surface area contributed by atoms with Gasteiger partial charge in [-0.2, -0.15) is 5.26 Å². The van der Waals surface area contributed by atoms with Gasteiger partial charge in [0.1, 0.15) is 5.69 Å². The molecule has 0 aliphatic rings. The molecule has 0 aliphatic carbocycles. The van der Waals surface area contributed by atoms with Gasteiger partial charge in [-0.05, 0) is 40.2 Å². The van der Waals surface area contributed by atoms with Crippen molar-refractivity contribution in [3.63, 3.8) is 0 Å². The van der Waals surface area contributed by atoms with Gasteiger partial charge >= 0.3 is 0 Å². The molecular formula is C13H9BrClN3O. The highest BCUT2D eigenvalue weighted by Gasteiger charge is 2.13. The average molecular weight is 339 g/mol. The van der Waals surface area contributed by atoms with Gasteiger partial charge in [0.05, 0.1) is 22.3 Å². The lowest BCUT2D eigenvalue weighted by atomic mass is 10.2. The maximum absolute atomic E-state index is 12.1. The van der Waals surface area contributed by atoms with Gasteiger partial charge in [0.15, 0.2) is 0 Å². The summed E-state index contributed by atoms with van der Waals surface area (Å²) in [5.74, 6) is -0.287. The van der Waals surface area contributed by atoms with Crippen molar-refractivity contribution >= 4 is 39.1 Å². The monoisotopic (exact) mass is 337 g/mol. The van der Waals surface area contributed by atoms with E-state index in [1.807, 2.05) is 6.07 Å². The van der Waals surface area contributed by atoms with Crippen LogP contribution in [-0.2, 0) is 7.05 Å². The van der Waals surface area contributed by atoms with Gasteiger partial charge in [-0.25, -0.2) is 0 Å². The molecule has 0 spiro atoms. The maximum atomic E-state index is 12.1. The van der Waals surface area contributed by atoms with Crippen LogP contribution in [0, 0.1) is 11.3 Å². The van der Waals surface area contributed by atoms with E-state index >= 15 is 0 Å².